The Morgan fingerprint density at radius 1 is 0.796 bits per heavy atom. The van der Waals surface area contributed by atoms with Gasteiger partial charge >= 0.3 is 0 Å². The van der Waals surface area contributed by atoms with Gasteiger partial charge in [-0.15, -0.1) is 23.6 Å². The van der Waals surface area contributed by atoms with Crippen molar-refractivity contribution in [1.82, 2.24) is 4.98 Å². The largest absolute Gasteiger partial charge is 0.512 e. The molecule has 249 valence electrons. The van der Waals surface area contributed by atoms with E-state index in [0.717, 1.165) is 47.8 Å². The third kappa shape index (κ3) is 6.29. The van der Waals surface area contributed by atoms with Gasteiger partial charge in [0.2, 0.25) is 0 Å². The first-order chi connectivity index (χ1) is 23.4. The first-order valence-corrected chi connectivity index (χ1v) is 17.5. The molecule has 1 heterocycles. The van der Waals surface area contributed by atoms with Crippen LogP contribution in [0.5, 0.6) is 0 Å². The average Bonchev–Trinajstić information content (AvgIpc) is 3.23. The number of allylic oxidation sites excluding steroid dienone is 3. The van der Waals surface area contributed by atoms with E-state index in [1.807, 2.05) is 27.7 Å². The van der Waals surface area contributed by atoms with Crippen LogP contribution in [0.2, 0.25) is 0 Å². The fourth-order valence-electron chi connectivity index (χ4n) is 7.60. The molecule has 1 aromatic heterocycles. The number of pyridine rings is 1. The summed E-state index contributed by atoms with van der Waals surface area (Å²) in [5, 5.41) is 15.9. The Morgan fingerprint density at radius 3 is 2.24 bits per heavy atom. The van der Waals surface area contributed by atoms with Gasteiger partial charge in [0.1, 0.15) is 0 Å². The first-order valence-electron chi connectivity index (χ1n) is 17.5. The van der Waals surface area contributed by atoms with E-state index in [1.165, 1.54) is 55.4 Å². The van der Waals surface area contributed by atoms with Gasteiger partial charge in [-0.2, -0.15) is 0 Å². The molecule has 0 saturated carbocycles. The SMILES string of the molecule is CCC(CC)C(=O)/C=C(\O)C(CC)CC.[Ir].[c-]1c2c(cc3ccccc13)C1C=Cc3cccc4ccc(c1c34)-c1cc3ccccc3nc1-2. The Kier molecular flexibility index (Phi) is 10.3. The molecule has 1 atom stereocenters. The van der Waals surface area contributed by atoms with Crippen molar-refractivity contribution in [3.63, 3.8) is 0 Å². The van der Waals surface area contributed by atoms with Crippen molar-refractivity contribution in [3.05, 3.63) is 132 Å². The van der Waals surface area contributed by atoms with Crippen LogP contribution < -0.4 is 0 Å². The van der Waals surface area contributed by atoms with Crippen LogP contribution in [-0.4, -0.2) is 15.9 Å². The van der Waals surface area contributed by atoms with Crippen molar-refractivity contribution < 1.29 is 30.0 Å². The summed E-state index contributed by atoms with van der Waals surface area (Å²) in [6.45, 7) is 8.07. The van der Waals surface area contributed by atoms with E-state index in [0.29, 0.717) is 0 Å². The summed E-state index contributed by atoms with van der Waals surface area (Å²) >= 11 is 0. The third-order valence-corrected chi connectivity index (χ3v) is 10.4. The van der Waals surface area contributed by atoms with Crippen LogP contribution in [0, 0.1) is 17.9 Å². The number of hydrogen-bond acceptors (Lipinski definition) is 3. The number of aliphatic hydroxyl groups excluding tert-OH is 1. The molecule has 1 unspecified atom stereocenters. The number of para-hydroxylation sites is 1. The number of hydrogen-bond donors (Lipinski definition) is 1. The second-order valence-electron chi connectivity index (χ2n) is 13.1. The molecule has 49 heavy (non-hydrogen) atoms. The molecule has 5 aromatic carbocycles. The fraction of sp³-hybridized carbons (Fsp3) is 0.244. The Balaban J connectivity index is 0.000000225. The minimum Gasteiger partial charge on any atom is -0.512 e. The van der Waals surface area contributed by atoms with Crippen molar-refractivity contribution in [2.24, 2.45) is 11.8 Å². The first kappa shape index (κ1) is 34.5. The minimum atomic E-state index is 0. The average molecular weight is 821 g/mol. The van der Waals surface area contributed by atoms with E-state index in [9.17, 15) is 9.90 Å². The molecule has 0 bridgehead atoms. The van der Waals surface area contributed by atoms with E-state index in [-0.39, 0.29) is 49.4 Å². The Morgan fingerprint density at radius 2 is 1.49 bits per heavy atom. The van der Waals surface area contributed by atoms with Gasteiger partial charge in [0.15, 0.2) is 5.78 Å². The number of ketones is 1. The van der Waals surface area contributed by atoms with Crippen LogP contribution in [0.15, 0.2) is 109 Å². The zero-order valence-corrected chi connectivity index (χ0v) is 31.0. The van der Waals surface area contributed by atoms with Crippen molar-refractivity contribution >= 4 is 44.3 Å². The zero-order valence-electron chi connectivity index (χ0n) is 28.6. The number of carbonyl (C=O) groups excluding carboxylic acids is 1. The molecule has 2 aliphatic carbocycles. The molecule has 6 aromatic rings. The van der Waals surface area contributed by atoms with Gasteiger partial charge in [-0.1, -0.05) is 129 Å². The molecular formula is C45H42IrNO2-. The van der Waals surface area contributed by atoms with Crippen molar-refractivity contribution in [2.75, 3.05) is 0 Å². The van der Waals surface area contributed by atoms with Crippen LogP contribution in [0.25, 0.3) is 60.9 Å². The van der Waals surface area contributed by atoms with E-state index in [2.05, 4.69) is 109 Å². The second kappa shape index (κ2) is 14.6. The second-order valence-corrected chi connectivity index (χ2v) is 13.1. The monoisotopic (exact) mass is 821 g/mol. The number of aromatic nitrogens is 1. The van der Waals surface area contributed by atoms with Crippen molar-refractivity contribution in [3.8, 4) is 22.4 Å². The molecule has 0 aliphatic heterocycles. The number of benzene rings is 5. The van der Waals surface area contributed by atoms with Gasteiger partial charge in [-0.05, 0) is 70.2 Å². The predicted molar refractivity (Wildman–Crippen MR) is 201 cm³/mol. The summed E-state index contributed by atoms with van der Waals surface area (Å²) < 4.78 is 0. The molecule has 3 nitrogen and oxygen atoms in total. The molecule has 0 fully saturated rings. The molecular weight excluding hydrogens is 779 g/mol. The zero-order chi connectivity index (χ0) is 33.4. The standard InChI is InChI=1S/C32H18N.C13H24O2.Ir/c1-2-7-22-17-28-26(16-21(22)6-1)24-14-12-19-9-5-10-20-13-15-25(31(24)30(19)20)27-18-23-8-3-4-11-29(23)33-32(27)28;1-5-10(6-2)12(14)9-13(15)11(7-3)8-4;/h1-16,18,24H;9-11,14H,5-8H2,1-4H3;/q-1;;/b;12-9-;. The smallest absolute Gasteiger partial charge is 0.162 e. The van der Waals surface area contributed by atoms with Gasteiger partial charge < -0.3 is 5.11 Å². The van der Waals surface area contributed by atoms with Crippen LogP contribution in [-0.2, 0) is 24.9 Å². The van der Waals surface area contributed by atoms with E-state index >= 15 is 0 Å². The summed E-state index contributed by atoms with van der Waals surface area (Å²) in [6.07, 6.45) is 9.57. The van der Waals surface area contributed by atoms with Crippen molar-refractivity contribution in [1.29, 1.82) is 0 Å². The van der Waals surface area contributed by atoms with E-state index in [1.54, 1.807) is 0 Å². The molecule has 0 saturated heterocycles. The van der Waals surface area contributed by atoms with Crippen LogP contribution in [0.1, 0.15) is 76.0 Å². The summed E-state index contributed by atoms with van der Waals surface area (Å²) in [6, 6.07) is 36.6. The molecule has 1 radical (unpaired) electrons. The Bertz CT molecular complexity index is 2240. The fourth-order valence-corrected chi connectivity index (χ4v) is 7.60. The van der Waals surface area contributed by atoms with Crippen molar-refractivity contribution in [2.45, 2.75) is 59.3 Å². The Labute approximate surface area is 303 Å². The van der Waals surface area contributed by atoms with E-state index < -0.39 is 0 Å². The summed E-state index contributed by atoms with van der Waals surface area (Å²) in [5.74, 6) is 0.720. The summed E-state index contributed by atoms with van der Waals surface area (Å²) in [7, 11) is 0. The molecule has 8 rings (SSSR count). The maximum Gasteiger partial charge on any atom is 0.162 e. The number of nitrogens with zero attached hydrogens (tertiary/aromatic N) is 1. The molecule has 0 amide bonds. The third-order valence-electron chi connectivity index (χ3n) is 10.4. The van der Waals surface area contributed by atoms with Gasteiger partial charge in [-0.3, -0.25) is 9.78 Å². The van der Waals surface area contributed by atoms with Crippen LogP contribution in [0.3, 0.4) is 0 Å². The molecule has 0 spiro atoms. The quantitative estimate of drug-likeness (QED) is 0.0991. The van der Waals surface area contributed by atoms with Crippen LogP contribution >= 0.6 is 0 Å². The van der Waals surface area contributed by atoms with E-state index in [4.69, 9.17) is 4.98 Å². The minimum absolute atomic E-state index is 0. The summed E-state index contributed by atoms with van der Waals surface area (Å²) in [4.78, 5) is 16.9. The molecule has 1 N–H and O–H groups in total. The predicted octanol–water partition coefficient (Wildman–Crippen LogP) is 12.0. The molecule has 2 aliphatic rings. The van der Waals surface area contributed by atoms with Gasteiger partial charge in [-0.25, -0.2) is 0 Å². The Hall–Kier alpha value is -4.37. The summed E-state index contributed by atoms with van der Waals surface area (Å²) in [5.41, 5.74) is 9.64. The molecule has 4 heteroatoms. The number of fused-ring (bicyclic) bond motifs is 7. The maximum atomic E-state index is 11.7. The topological polar surface area (TPSA) is 50.2 Å². The normalized spacial score (nSPS) is 14.2. The van der Waals surface area contributed by atoms with Gasteiger partial charge in [0.05, 0.1) is 11.3 Å². The number of rotatable bonds is 7. The van der Waals surface area contributed by atoms with Gasteiger partial charge in [0, 0.05) is 49.6 Å². The number of carbonyl (C=O) groups is 1. The van der Waals surface area contributed by atoms with Crippen LogP contribution in [0.4, 0.5) is 0 Å². The van der Waals surface area contributed by atoms with Gasteiger partial charge in [0.25, 0.3) is 0 Å². The maximum absolute atomic E-state index is 11.7. The number of aliphatic hydroxyl groups is 1.